The molecule has 0 spiro atoms. The maximum atomic E-state index is 11.9. The first-order chi connectivity index (χ1) is 11.1. The number of aryl methyl sites for hydroxylation is 2. The molecule has 1 aromatic heterocycles. The molecule has 0 bridgehead atoms. The third kappa shape index (κ3) is 5.47. The van der Waals surface area contributed by atoms with Crippen molar-refractivity contribution < 1.29 is 18.7 Å². The average Bonchev–Trinajstić information content (AvgIpc) is 2.98. The summed E-state index contributed by atoms with van der Waals surface area (Å²) in [6.07, 6.45) is 3.73. The zero-order chi connectivity index (χ0) is 16.7. The Morgan fingerprint density at radius 3 is 2.83 bits per heavy atom. The number of anilines is 1. The standard InChI is InChI=1S/C18H19NO4/c1-13-4-3-5-14(12-13)19-17(20)10-8-15-6-7-16(23-15)9-11-18(21)22-2/h3-8,10,12H,9,11H2,1-2H3,(H,19,20)/b10-8+. The van der Waals surface area contributed by atoms with Gasteiger partial charge in [-0.2, -0.15) is 0 Å². The monoisotopic (exact) mass is 313 g/mol. The van der Waals surface area contributed by atoms with E-state index < -0.39 is 0 Å². The molecule has 1 aromatic carbocycles. The van der Waals surface area contributed by atoms with Gasteiger partial charge in [0.15, 0.2) is 0 Å². The Morgan fingerprint density at radius 2 is 2.09 bits per heavy atom. The van der Waals surface area contributed by atoms with Gasteiger partial charge >= 0.3 is 5.97 Å². The van der Waals surface area contributed by atoms with Gasteiger partial charge in [-0.3, -0.25) is 9.59 Å². The van der Waals surface area contributed by atoms with E-state index in [0.29, 0.717) is 17.9 Å². The second-order valence-corrected chi connectivity index (χ2v) is 5.07. The SMILES string of the molecule is COC(=O)CCc1ccc(/C=C/C(=O)Nc2cccc(C)c2)o1. The fraction of sp³-hybridized carbons (Fsp3) is 0.222. The Bertz CT molecular complexity index is 715. The maximum absolute atomic E-state index is 11.9. The normalized spacial score (nSPS) is 10.7. The average molecular weight is 313 g/mol. The summed E-state index contributed by atoms with van der Waals surface area (Å²) >= 11 is 0. The van der Waals surface area contributed by atoms with Gasteiger partial charge in [0.1, 0.15) is 11.5 Å². The van der Waals surface area contributed by atoms with Crippen molar-refractivity contribution in [3.63, 3.8) is 0 Å². The lowest BCUT2D eigenvalue weighted by Gasteiger charge is -2.02. The molecule has 0 saturated heterocycles. The van der Waals surface area contributed by atoms with Crippen LogP contribution in [0.1, 0.15) is 23.5 Å². The van der Waals surface area contributed by atoms with Crippen molar-refractivity contribution in [2.24, 2.45) is 0 Å². The molecule has 0 aliphatic rings. The first-order valence-corrected chi connectivity index (χ1v) is 7.28. The van der Waals surface area contributed by atoms with Crippen LogP contribution in [0.2, 0.25) is 0 Å². The molecule has 0 atom stereocenters. The molecule has 5 nitrogen and oxygen atoms in total. The number of carbonyl (C=O) groups is 2. The van der Waals surface area contributed by atoms with E-state index >= 15 is 0 Å². The molecular weight excluding hydrogens is 294 g/mol. The highest BCUT2D eigenvalue weighted by Crippen LogP contribution is 2.13. The van der Waals surface area contributed by atoms with Crippen molar-refractivity contribution in [3.8, 4) is 0 Å². The van der Waals surface area contributed by atoms with Crippen LogP contribution >= 0.6 is 0 Å². The van der Waals surface area contributed by atoms with Crippen molar-refractivity contribution in [2.75, 3.05) is 12.4 Å². The van der Waals surface area contributed by atoms with Gasteiger partial charge in [0, 0.05) is 18.2 Å². The molecule has 1 N–H and O–H groups in total. The molecule has 1 heterocycles. The highest BCUT2D eigenvalue weighted by atomic mass is 16.5. The third-order valence-electron chi connectivity index (χ3n) is 3.17. The number of hydrogen-bond donors (Lipinski definition) is 1. The first-order valence-electron chi connectivity index (χ1n) is 7.28. The summed E-state index contributed by atoms with van der Waals surface area (Å²) in [4.78, 5) is 22.9. The highest BCUT2D eigenvalue weighted by molar-refractivity contribution is 6.01. The Kier molecular flexibility index (Phi) is 5.74. The minimum atomic E-state index is -0.281. The molecule has 1 amide bonds. The summed E-state index contributed by atoms with van der Waals surface area (Å²) in [5, 5.41) is 2.78. The summed E-state index contributed by atoms with van der Waals surface area (Å²) in [5.74, 6) is 0.720. The number of ether oxygens (including phenoxy) is 1. The molecule has 0 aliphatic carbocycles. The second kappa shape index (κ2) is 7.98. The minimum absolute atomic E-state index is 0.233. The topological polar surface area (TPSA) is 68.5 Å². The van der Waals surface area contributed by atoms with Crippen LogP contribution in [-0.2, 0) is 20.7 Å². The maximum Gasteiger partial charge on any atom is 0.305 e. The lowest BCUT2D eigenvalue weighted by Crippen LogP contribution is -2.07. The van der Waals surface area contributed by atoms with Crippen molar-refractivity contribution in [1.82, 2.24) is 0 Å². The van der Waals surface area contributed by atoms with Crippen molar-refractivity contribution in [3.05, 3.63) is 59.6 Å². The van der Waals surface area contributed by atoms with Gasteiger partial charge in [-0.25, -0.2) is 0 Å². The number of methoxy groups -OCH3 is 1. The Morgan fingerprint density at radius 1 is 1.26 bits per heavy atom. The summed E-state index contributed by atoms with van der Waals surface area (Å²) in [6, 6.07) is 11.1. The predicted octanol–water partition coefficient (Wildman–Crippen LogP) is 3.35. The van der Waals surface area contributed by atoms with Gasteiger partial charge in [0.2, 0.25) is 5.91 Å². The quantitative estimate of drug-likeness (QED) is 0.656. The first kappa shape index (κ1) is 16.5. The minimum Gasteiger partial charge on any atom is -0.469 e. The summed E-state index contributed by atoms with van der Waals surface area (Å²) in [5.41, 5.74) is 1.82. The number of amides is 1. The number of furan rings is 1. The van der Waals surface area contributed by atoms with Gasteiger partial charge in [-0.15, -0.1) is 0 Å². The Balaban J connectivity index is 1.88. The smallest absolute Gasteiger partial charge is 0.305 e. The third-order valence-corrected chi connectivity index (χ3v) is 3.17. The number of nitrogens with one attached hydrogen (secondary N) is 1. The van der Waals surface area contributed by atoms with E-state index in [1.54, 1.807) is 18.2 Å². The molecule has 0 aliphatic heterocycles. The van der Waals surface area contributed by atoms with Crippen LogP contribution < -0.4 is 5.32 Å². The lowest BCUT2D eigenvalue weighted by molar-refractivity contribution is -0.140. The summed E-state index contributed by atoms with van der Waals surface area (Å²) in [6.45, 7) is 1.96. The molecule has 2 rings (SSSR count). The van der Waals surface area contributed by atoms with Crippen LogP contribution in [0.4, 0.5) is 5.69 Å². The van der Waals surface area contributed by atoms with E-state index in [1.807, 2.05) is 31.2 Å². The number of carbonyl (C=O) groups excluding carboxylic acids is 2. The largest absolute Gasteiger partial charge is 0.469 e. The second-order valence-electron chi connectivity index (χ2n) is 5.07. The van der Waals surface area contributed by atoms with Crippen molar-refractivity contribution >= 4 is 23.6 Å². The predicted molar refractivity (Wildman–Crippen MR) is 87.9 cm³/mol. The van der Waals surface area contributed by atoms with E-state index in [2.05, 4.69) is 10.1 Å². The molecule has 0 unspecified atom stereocenters. The zero-order valence-electron chi connectivity index (χ0n) is 13.2. The van der Waals surface area contributed by atoms with Crippen molar-refractivity contribution in [1.29, 1.82) is 0 Å². The van der Waals surface area contributed by atoms with Crippen LogP contribution in [0.15, 0.2) is 46.9 Å². The summed E-state index contributed by atoms with van der Waals surface area (Å²) < 4.78 is 10.1. The fourth-order valence-electron chi connectivity index (χ4n) is 2.01. The van der Waals surface area contributed by atoms with Crippen LogP contribution in [0, 0.1) is 6.92 Å². The van der Waals surface area contributed by atoms with Crippen LogP contribution in [0.5, 0.6) is 0 Å². The number of esters is 1. The molecule has 2 aromatic rings. The van der Waals surface area contributed by atoms with Gasteiger partial charge in [0.05, 0.1) is 13.5 Å². The number of benzene rings is 1. The van der Waals surface area contributed by atoms with Gasteiger partial charge < -0.3 is 14.5 Å². The van der Waals surface area contributed by atoms with E-state index in [1.165, 1.54) is 13.2 Å². The molecule has 0 saturated carbocycles. The molecule has 0 radical (unpaired) electrons. The fourth-order valence-corrected chi connectivity index (χ4v) is 2.01. The number of rotatable bonds is 6. The van der Waals surface area contributed by atoms with Crippen LogP contribution in [-0.4, -0.2) is 19.0 Å². The zero-order valence-corrected chi connectivity index (χ0v) is 13.2. The highest BCUT2D eigenvalue weighted by Gasteiger charge is 2.05. The molecule has 120 valence electrons. The summed E-state index contributed by atoms with van der Waals surface area (Å²) in [7, 11) is 1.35. The Hall–Kier alpha value is -2.82. The van der Waals surface area contributed by atoms with E-state index in [9.17, 15) is 9.59 Å². The van der Waals surface area contributed by atoms with Crippen LogP contribution in [0.3, 0.4) is 0 Å². The Labute approximate surface area is 134 Å². The lowest BCUT2D eigenvalue weighted by atomic mass is 10.2. The van der Waals surface area contributed by atoms with Gasteiger partial charge in [0.25, 0.3) is 0 Å². The van der Waals surface area contributed by atoms with Gasteiger partial charge in [-0.1, -0.05) is 12.1 Å². The molecule has 23 heavy (non-hydrogen) atoms. The molecular formula is C18H19NO4. The molecule has 5 heteroatoms. The van der Waals surface area contributed by atoms with E-state index in [4.69, 9.17) is 4.42 Å². The van der Waals surface area contributed by atoms with E-state index in [-0.39, 0.29) is 18.3 Å². The van der Waals surface area contributed by atoms with Crippen LogP contribution in [0.25, 0.3) is 6.08 Å². The van der Waals surface area contributed by atoms with Crippen molar-refractivity contribution in [2.45, 2.75) is 19.8 Å². The number of hydrogen-bond acceptors (Lipinski definition) is 4. The molecule has 0 fully saturated rings. The van der Waals surface area contributed by atoms with Gasteiger partial charge in [-0.05, 0) is 42.8 Å². The van der Waals surface area contributed by atoms with E-state index in [0.717, 1.165) is 11.3 Å².